The van der Waals surface area contributed by atoms with Gasteiger partial charge < -0.3 is 5.11 Å². The van der Waals surface area contributed by atoms with E-state index in [9.17, 15) is 18.3 Å². The van der Waals surface area contributed by atoms with Gasteiger partial charge in [-0.3, -0.25) is 4.79 Å². The van der Waals surface area contributed by atoms with Crippen molar-refractivity contribution in [2.75, 3.05) is 6.54 Å². The second-order valence-corrected chi connectivity index (χ2v) is 9.40. The molecule has 3 aromatic carbocycles. The second-order valence-electron chi connectivity index (χ2n) is 7.46. The van der Waals surface area contributed by atoms with E-state index >= 15 is 0 Å². The molecule has 0 aliphatic rings. The van der Waals surface area contributed by atoms with Crippen LogP contribution in [0, 0.1) is 13.8 Å². The molecule has 0 aromatic heterocycles. The van der Waals surface area contributed by atoms with Crippen molar-refractivity contribution in [1.82, 2.24) is 9.73 Å². The van der Waals surface area contributed by atoms with Crippen molar-refractivity contribution >= 4 is 22.1 Å². The highest BCUT2D eigenvalue weighted by Crippen LogP contribution is 2.19. The Kier molecular flexibility index (Phi) is 7.40. The number of hydrogen-bond donors (Lipinski definition) is 2. The number of carbonyl (C=O) groups excluding carboxylic acids is 1. The number of benzene rings is 3. The smallest absolute Gasteiger partial charge is 0.255 e. The third-order valence-corrected chi connectivity index (χ3v) is 6.50. The maximum absolute atomic E-state index is 13.3. The van der Waals surface area contributed by atoms with E-state index < -0.39 is 22.5 Å². The quantitative estimate of drug-likeness (QED) is 0.405. The van der Waals surface area contributed by atoms with Gasteiger partial charge in [0.05, 0.1) is 17.7 Å². The predicted molar refractivity (Wildman–Crippen MR) is 124 cm³/mol. The number of carbonyl (C=O) groups is 1. The molecule has 7 nitrogen and oxygen atoms in total. The highest BCUT2D eigenvalue weighted by molar-refractivity contribution is 7.89. The summed E-state index contributed by atoms with van der Waals surface area (Å²) < 4.78 is 27.7. The summed E-state index contributed by atoms with van der Waals surface area (Å²) in [5.74, 6) is -0.501. The van der Waals surface area contributed by atoms with E-state index in [4.69, 9.17) is 0 Å². The summed E-state index contributed by atoms with van der Waals surface area (Å²) in [7, 11) is -3.92. The summed E-state index contributed by atoms with van der Waals surface area (Å²) in [4.78, 5) is 12.6. The summed E-state index contributed by atoms with van der Waals surface area (Å²) in [5, 5.41) is 13.4. The number of nitrogens with one attached hydrogen (secondary N) is 1. The SMILES string of the molecule is Cc1ccc(S(=O)(=O)N(CC(=O)N/N=C\c2cccc(O)c2)Cc2cccc(C)c2)cc1. The molecule has 0 aliphatic heterocycles. The van der Waals surface area contributed by atoms with E-state index in [0.29, 0.717) is 5.56 Å². The number of rotatable bonds is 8. The fourth-order valence-corrected chi connectivity index (χ4v) is 4.46. The molecule has 0 spiro atoms. The molecule has 0 radical (unpaired) electrons. The first-order chi connectivity index (χ1) is 15.2. The van der Waals surface area contributed by atoms with Crippen LogP contribution in [0.1, 0.15) is 22.3 Å². The fourth-order valence-electron chi connectivity index (χ4n) is 3.08. The Balaban J connectivity index is 1.80. The molecule has 32 heavy (non-hydrogen) atoms. The van der Waals surface area contributed by atoms with Gasteiger partial charge in [-0.05, 0) is 49.2 Å². The molecule has 166 valence electrons. The Morgan fingerprint density at radius 2 is 1.72 bits per heavy atom. The van der Waals surface area contributed by atoms with Crippen LogP contribution < -0.4 is 5.43 Å². The minimum absolute atomic E-state index is 0.0432. The van der Waals surface area contributed by atoms with Gasteiger partial charge in [-0.15, -0.1) is 0 Å². The Labute approximate surface area is 188 Å². The average Bonchev–Trinajstić information content (AvgIpc) is 2.74. The molecule has 0 fully saturated rings. The van der Waals surface area contributed by atoms with Crippen LogP contribution in [0.25, 0.3) is 0 Å². The van der Waals surface area contributed by atoms with E-state index in [2.05, 4.69) is 10.5 Å². The number of phenols is 1. The summed E-state index contributed by atoms with van der Waals surface area (Å²) in [6.45, 7) is 3.44. The maximum Gasteiger partial charge on any atom is 0.255 e. The van der Waals surface area contributed by atoms with Gasteiger partial charge in [-0.25, -0.2) is 13.8 Å². The van der Waals surface area contributed by atoms with Crippen molar-refractivity contribution in [3.05, 3.63) is 95.1 Å². The lowest BCUT2D eigenvalue weighted by molar-refractivity contribution is -0.121. The summed E-state index contributed by atoms with van der Waals surface area (Å²) >= 11 is 0. The third kappa shape index (κ3) is 6.26. The number of aromatic hydroxyl groups is 1. The van der Waals surface area contributed by atoms with Crippen LogP contribution in [0.4, 0.5) is 0 Å². The van der Waals surface area contributed by atoms with Gasteiger partial charge in [0.1, 0.15) is 5.75 Å². The lowest BCUT2D eigenvalue weighted by atomic mass is 10.1. The van der Waals surface area contributed by atoms with E-state index in [1.807, 2.05) is 38.1 Å². The van der Waals surface area contributed by atoms with Crippen LogP contribution in [-0.2, 0) is 21.4 Å². The summed E-state index contributed by atoms with van der Waals surface area (Å²) in [6.07, 6.45) is 1.37. The van der Waals surface area contributed by atoms with Crippen LogP contribution in [0.5, 0.6) is 5.75 Å². The topological polar surface area (TPSA) is 99.1 Å². The zero-order valence-electron chi connectivity index (χ0n) is 17.9. The Hall–Kier alpha value is -3.49. The van der Waals surface area contributed by atoms with E-state index in [-0.39, 0.29) is 17.2 Å². The molecule has 2 N–H and O–H groups in total. The van der Waals surface area contributed by atoms with E-state index in [1.54, 1.807) is 24.3 Å². The molecular formula is C24H25N3O4S. The first kappa shape index (κ1) is 23.2. The van der Waals surface area contributed by atoms with Gasteiger partial charge in [-0.2, -0.15) is 9.41 Å². The van der Waals surface area contributed by atoms with Crippen LogP contribution in [-0.4, -0.2) is 36.5 Å². The maximum atomic E-state index is 13.3. The minimum Gasteiger partial charge on any atom is -0.508 e. The number of nitrogens with zero attached hydrogens (tertiary/aromatic N) is 2. The van der Waals surface area contributed by atoms with Crippen LogP contribution in [0.15, 0.2) is 82.8 Å². The zero-order chi connectivity index (χ0) is 23.1. The molecule has 0 bridgehead atoms. The second kappa shape index (κ2) is 10.2. The molecule has 0 aliphatic carbocycles. The number of hydrazone groups is 1. The van der Waals surface area contributed by atoms with Crippen molar-refractivity contribution in [1.29, 1.82) is 0 Å². The predicted octanol–water partition coefficient (Wildman–Crippen LogP) is 3.35. The zero-order valence-corrected chi connectivity index (χ0v) is 18.7. The standard InChI is InChI=1S/C24H25N3O4S/c1-18-9-11-23(12-10-18)32(30,31)27(16-21-7-3-5-19(2)13-21)17-24(29)26-25-15-20-6-4-8-22(28)14-20/h3-15,28H,16-17H2,1-2H3,(H,26,29)/b25-15-. The molecule has 8 heteroatoms. The van der Waals surface area contributed by atoms with Crippen LogP contribution >= 0.6 is 0 Å². The molecule has 0 unspecified atom stereocenters. The highest BCUT2D eigenvalue weighted by Gasteiger charge is 2.27. The third-order valence-electron chi connectivity index (χ3n) is 4.69. The molecular weight excluding hydrogens is 426 g/mol. The van der Waals surface area contributed by atoms with Crippen molar-refractivity contribution in [2.45, 2.75) is 25.3 Å². The number of hydrogen-bond acceptors (Lipinski definition) is 5. The first-order valence-corrected chi connectivity index (χ1v) is 11.4. The lowest BCUT2D eigenvalue weighted by Gasteiger charge is -2.22. The molecule has 0 saturated carbocycles. The molecule has 3 rings (SSSR count). The van der Waals surface area contributed by atoms with Gasteiger partial charge in [-0.1, -0.05) is 59.7 Å². The Bertz CT molecular complexity index is 1220. The monoisotopic (exact) mass is 451 g/mol. The van der Waals surface area contributed by atoms with Gasteiger partial charge in [0, 0.05) is 6.54 Å². The van der Waals surface area contributed by atoms with E-state index in [0.717, 1.165) is 21.0 Å². The molecule has 0 atom stereocenters. The molecule has 0 heterocycles. The molecule has 3 aromatic rings. The molecule has 1 amide bonds. The minimum atomic E-state index is -3.92. The van der Waals surface area contributed by atoms with Crippen LogP contribution in [0.2, 0.25) is 0 Å². The van der Waals surface area contributed by atoms with Crippen molar-refractivity contribution in [3.63, 3.8) is 0 Å². The number of aryl methyl sites for hydroxylation is 2. The van der Waals surface area contributed by atoms with Crippen molar-refractivity contribution in [2.24, 2.45) is 5.10 Å². The highest BCUT2D eigenvalue weighted by atomic mass is 32.2. The number of phenolic OH excluding ortho intramolecular Hbond substituents is 1. The molecule has 0 saturated heterocycles. The van der Waals surface area contributed by atoms with Gasteiger partial charge in [0.25, 0.3) is 5.91 Å². The van der Waals surface area contributed by atoms with Crippen molar-refractivity contribution < 1.29 is 18.3 Å². The average molecular weight is 452 g/mol. The first-order valence-electron chi connectivity index (χ1n) is 9.97. The fraction of sp³-hybridized carbons (Fsp3) is 0.167. The number of amides is 1. The largest absolute Gasteiger partial charge is 0.508 e. The Morgan fingerprint density at radius 3 is 2.41 bits per heavy atom. The van der Waals surface area contributed by atoms with Gasteiger partial charge in [0.15, 0.2) is 0 Å². The van der Waals surface area contributed by atoms with Crippen molar-refractivity contribution in [3.8, 4) is 5.75 Å². The van der Waals surface area contributed by atoms with E-state index in [1.165, 1.54) is 30.5 Å². The van der Waals surface area contributed by atoms with Crippen LogP contribution in [0.3, 0.4) is 0 Å². The summed E-state index contributed by atoms with van der Waals surface area (Å²) in [6, 6.07) is 20.4. The number of sulfonamides is 1. The lowest BCUT2D eigenvalue weighted by Crippen LogP contribution is -2.39. The normalized spacial score (nSPS) is 11.7. The van der Waals surface area contributed by atoms with Gasteiger partial charge in [0.2, 0.25) is 10.0 Å². The summed E-state index contributed by atoms with van der Waals surface area (Å²) in [5.41, 5.74) is 5.65. The van der Waals surface area contributed by atoms with Gasteiger partial charge >= 0.3 is 0 Å². The Morgan fingerprint density at radius 1 is 1.00 bits per heavy atom.